The van der Waals surface area contributed by atoms with Crippen LogP contribution >= 0.6 is 22.7 Å². The molecule has 2 aromatic rings. The Morgan fingerprint density at radius 2 is 2.14 bits per heavy atom. The Morgan fingerprint density at radius 3 is 2.76 bits per heavy atom. The molecule has 3 rings (SSSR count). The summed E-state index contributed by atoms with van der Waals surface area (Å²) in [5.74, 6) is -0.0992. The number of hydrogen-bond acceptors (Lipinski definition) is 5. The van der Waals surface area contributed by atoms with E-state index in [2.05, 4.69) is 35.9 Å². The van der Waals surface area contributed by atoms with Gasteiger partial charge in [-0.05, 0) is 31.5 Å². The molecule has 21 heavy (non-hydrogen) atoms. The Hall–Kier alpha value is -1.92. The molecule has 0 radical (unpaired) electrons. The van der Waals surface area contributed by atoms with Crippen LogP contribution in [0.3, 0.4) is 0 Å². The van der Waals surface area contributed by atoms with Crippen LogP contribution in [0.2, 0.25) is 0 Å². The number of nitrogens with zero attached hydrogens (tertiary/aromatic N) is 1. The van der Waals surface area contributed by atoms with Crippen molar-refractivity contribution in [2.45, 2.75) is 20.3 Å². The number of amidine groups is 1. The molecule has 0 aliphatic carbocycles. The van der Waals surface area contributed by atoms with Crippen molar-refractivity contribution in [3.63, 3.8) is 0 Å². The molecule has 0 saturated carbocycles. The minimum atomic E-state index is -0.912. The predicted molar refractivity (Wildman–Crippen MR) is 88.0 cm³/mol. The molecule has 0 spiro atoms. The number of aromatic carboxylic acids is 1. The first kappa shape index (κ1) is 14.0. The highest BCUT2D eigenvalue weighted by Crippen LogP contribution is 2.40. The van der Waals surface area contributed by atoms with Crippen molar-refractivity contribution in [1.82, 2.24) is 5.32 Å². The van der Waals surface area contributed by atoms with Crippen LogP contribution in [-0.4, -0.2) is 16.9 Å². The zero-order valence-electron chi connectivity index (χ0n) is 11.7. The van der Waals surface area contributed by atoms with E-state index in [4.69, 9.17) is 0 Å². The van der Waals surface area contributed by atoms with Crippen LogP contribution in [-0.2, 0) is 6.42 Å². The van der Waals surface area contributed by atoms with Gasteiger partial charge in [0.2, 0.25) is 0 Å². The van der Waals surface area contributed by atoms with Gasteiger partial charge in [-0.15, -0.1) is 22.7 Å². The molecule has 3 heterocycles. The van der Waals surface area contributed by atoms with Crippen molar-refractivity contribution >= 4 is 45.2 Å². The van der Waals surface area contributed by atoms with E-state index < -0.39 is 5.97 Å². The molecule has 6 heteroatoms. The lowest BCUT2D eigenvalue weighted by molar-refractivity contribution is 0.0701. The van der Waals surface area contributed by atoms with Crippen LogP contribution in [0, 0.1) is 13.8 Å². The zero-order valence-corrected chi connectivity index (χ0v) is 13.3. The van der Waals surface area contributed by atoms with E-state index in [-0.39, 0.29) is 0 Å². The molecule has 0 saturated heterocycles. The summed E-state index contributed by atoms with van der Waals surface area (Å²) in [4.78, 5) is 18.6. The number of aryl methyl sites for hydroxylation is 1. The van der Waals surface area contributed by atoms with Crippen LogP contribution in [0.5, 0.6) is 0 Å². The van der Waals surface area contributed by atoms with Crippen LogP contribution in [0.4, 0.5) is 5.00 Å². The third-order valence-corrected chi connectivity index (χ3v) is 5.47. The van der Waals surface area contributed by atoms with Gasteiger partial charge in [-0.3, -0.25) is 0 Å². The van der Waals surface area contributed by atoms with Gasteiger partial charge < -0.3 is 10.4 Å². The van der Waals surface area contributed by atoms with Gasteiger partial charge in [0.1, 0.15) is 15.7 Å². The average molecular weight is 318 g/mol. The van der Waals surface area contributed by atoms with Crippen molar-refractivity contribution in [3.05, 3.63) is 44.5 Å². The summed E-state index contributed by atoms with van der Waals surface area (Å²) in [5.41, 5.74) is 2.28. The maximum Gasteiger partial charge on any atom is 0.346 e. The van der Waals surface area contributed by atoms with E-state index in [1.807, 2.05) is 0 Å². The maximum atomic E-state index is 11.2. The van der Waals surface area contributed by atoms with Crippen molar-refractivity contribution < 1.29 is 9.90 Å². The van der Waals surface area contributed by atoms with Crippen molar-refractivity contribution in [1.29, 1.82) is 0 Å². The standard InChI is InChI=1S/C15H14N2O2S2/c1-7-4-5-10(20-7)6-11-16-9(3)12-8(2)13(15(18)19)21-14(12)17-11/h4-5H,3,6H2,1-2H3,(H,16,17)(H,18,19). The predicted octanol–water partition coefficient (Wildman–Crippen LogP) is 3.97. The quantitative estimate of drug-likeness (QED) is 0.900. The Kier molecular flexibility index (Phi) is 3.43. The lowest BCUT2D eigenvalue weighted by Gasteiger charge is -2.17. The number of carboxylic acid groups (broad SMARTS) is 1. The van der Waals surface area contributed by atoms with E-state index in [1.165, 1.54) is 21.1 Å². The fourth-order valence-corrected chi connectivity index (χ4v) is 4.32. The topological polar surface area (TPSA) is 61.7 Å². The van der Waals surface area contributed by atoms with Crippen molar-refractivity contribution in [2.75, 3.05) is 0 Å². The number of carboxylic acids is 1. The summed E-state index contributed by atoms with van der Waals surface area (Å²) in [7, 11) is 0. The van der Waals surface area contributed by atoms with E-state index in [1.54, 1.807) is 18.3 Å². The molecule has 1 aliphatic heterocycles. The van der Waals surface area contributed by atoms with Gasteiger partial charge >= 0.3 is 5.97 Å². The van der Waals surface area contributed by atoms with Crippen molar-refractivity contribution in [3.8, 4) is 0 Å². The number of fused-ring (bicyclic) bond motifs is 1. The summed E-state index contributed by atoms with van der Waals surface area (Å²) in [5, 5.41) is 13.2. The van der Waals surface area contributed by atoms with Crippen LogP contribution in [0.1, 0.15) is 30.6 Å². The average Bonchev–Trinajstić information content (AvgIpc) is 2.94. The molecule has 0 amide bonds. The molecule has 2 N–H and O–H groups in total. The monoisotopic (exact) mass is 318 g/mol. The normalized spacial score (nSPS) is 13.6. The summed E-state index contributed by atoms with van der Waals surface area (Å²) >= 11 is 2.94. The van der Waals surface area contributed by atoms with Gasteiger partial charge in [0, 0.05) is 27.4 Å². The first-order chi connectivity index (χ1) is 9.95. The second kappa shape index (κ2) is 5.13. The molecule has 2 aromatic heterocycles. The van der Waals surface area contributed by atoms with Crippen LogP contribution in [0.25, 0.3) is 5.70 Å². The Bertz CT molecular complexity index is 784. The molecule has 1 aliphatic rings. The van der Waals surface area contributed by atoms with Gasteiger partial charge in [-0.2, -0.15) is 0 Å². The summed E-state index contributed by atoms with van der Waals surface area (Å²) < 4.78 is 0. The number of nitrogens with one attached hydrogen (secondary N) is 1. The summed E-state index contributed by atoms with van der Waals surface area (Å²) in [6.07, 6.45) is 0.705. The van der Waals surface area contributed by atoms with Gasteiger partial charge in [-0.1, -0.05) is 6.58 Å². The highest BCUT2D eigenvalue weighted by atomic mass is 32.1. The molecular weight excluding hydrogens is 304 g/mol. The smallest absolute Gasteiger partial charge is 0.346 e. The Balaban J connectivity index is 1.98. The van der Waals surface area contributed by atoms with E-state index >= 15 is 0 Å². The van der Waals surface area contributed by atoms with Gasteiger partial charge in [0.25, 0.3) is 0 Å². The SMILES string of the molecule is C=C1NC(Cc2ccc(C)s2)=Nc2sc(C(=O)O)c(C)c21. The number of thiophene rings is 2. The number of aliphatic imine (C=N–C) groups is 1. The molecule has 0 bridgehead atoms. The van der Waals surface area contributed by atoms with E-state index in [0.29, 0.717) is 11.3 Å². The molecule has 0 atom stereocenters. The highest BCUT2D eigenvalue weighted by molar-refractivity contribution is 7.18. The second-order valence-corrected chi connectivity index (χ2v) is 7.26. The molecule has 4 nitrogen and oxygen atoms in total. The molecule has 108 valence electrons. The highest BCUT2D eigenvalue weighted by Gasteiger charge is 2.25. The van der Waals surface area contributed by atoms with Crippen molar-refractivity contribution in [2.24, 2.45) is 4.99 Å². The summed E-state index contributed by atoms with van der Waals surface area (Å²) in [6, 6.07) is 4.17. The molecule has 0 unspecified atom stereocenters. The van der Waals surface area contributed by atoms with E-state index in [0.717, 1.165) is 27.7 Å². The molecule has 0 aromatic carbocycles. The maximum absolute atomic E-state index is 11.2. The van der Waals surface area contributed by atoms with Crippen LogP contribution in [0.15, 0.2) is 23.7 Å². The first-order valence-corrected chi connectivity index (χ1v) is 8.05. The molecular formula is C15H14N2O2S2. The lowest BCUT2D eigenvalue weighted by Crippen LogP contribution is -2.25. The fourth-order valence-electron chi connectivity index (χ4n) is 2.35. The largest absolute Gasteiger partial charge is 0.477 e. The minimum Gasteiger partial charge on any atom is -0.477 e. The fraction of sp³-hybridized carbons (Fsp3) is 0.200. The number of rotatable bonds is 3. The first-order valence-electron chi connectivity index (χ1n) is 6.41. The number of hydrogen-bond donors (Lipinski definition) is 2. The number of carbonyl (C=O) groups is 1. The third-order valence-electron chi connectivity index (χ3n) is 3.29. The summed E-state index contributed by atoms with van der Waals surface area (Å²) in [6.45, 7) is 7.88. The van der Waals surface area contributed by atoms with Gasteiger partial charge in [0.15, 0.2) is 0 Å². The van der Waals surface area contributed by atoms with Gasteiger partial charge in [0.05, 0.1) is 0 Å². The lowest BCUT2D eigenvalue weighted by atomic mass is 10.1. The molecule has 0 fully saturated rings. The Morgan fingerprint density at radius 1 is 1.38 bits per heavy atom. The van der Waals surface area contributed by atoms with E-state index in [9.17, 15) is 9.90 Å². The minimum absolute atomic E-state index is 0.333. The zero-order chi connectivity index (χ0) is 15.1. The van der Waals surface area contributed by atoms with Crippen LogP contribution < -0.4 is 5.32 Å². The second-order valence-electron chi connectivity index (χ2n) is 4.89. The third kappa shape index (κ3) is 2.52. The van der Waals surface area contributed by atoms with Gasteiger partial charge in [-0.25, -0.2) is 9.79 Å². The Labute approximate surface area is 130 Å².